The number of unbranched alkanes of at least 4 members (excludes halogenated alkanes) is 13. The second-order valence-corrected chi connectivity index (χ2v) is 5.05. The first-order chi connectivity index (χ1) is 8.41. The lowest BCUT2D eigenvalue weighted by Crippen LogP contribution is -1.82. The minimum atomic E-state index is 0.966. The van der Waals surface area contributed by atoms with Crippen molar-refractivity contribution in [3.05, 3.63) is 6.92 Å². The molecule has 0 spiro atoms. The Morgan fingerprint density at radius 2 is 0.941 bits per heavy atom. The van der Waals surface area contributed by atoms with Crippen molar-refractivity contribution in [1.82, 2.24) is 0 Å². The maximum absolute atomic E-state index is 5.21. The first-order valence-electron chi connectivity index (χ1n) is 7.64. The van der Waals surface area contributed by atoms with Crippen molar-refractivity contribution in [3.63, 3.8) is 0 Å². The summed E-state index contributed by atoms with van der Waals surface area (Å²) in [5.41, 5.74) is 0. The molecule has 0 fully saturated rings. The molecule has 0 aromatic heterocycles. The molecule has 0 aliphatic carbocycles. The molecule has 0 aromatic carbocycles. The Morgan fingerprint density at radius 3 is 1.29 bits per heavy atom. The van der Waals surface area contributed by atoms with Gasteiger partial charge in [0.15, 0.2) is 0 Å². The molecule has 0 bridgehead atoms. The van der Waals surface area contributed by atoms with E-state index >= 15 is 0 Å². The van der Waals surface area contributed by atoms with Crippen LogP contribution in [0.3, 0.4) is 0 Å². The molecular weight excluding hydrogens is 204 g/mol. The van der Waals surface area contributed by atoms with Gasteiger partial charge in [-0.3, -0.25) is 0 Å². The van der Waals surface area contributed by atoms with Gasteiger partial charge in [-0.25, -0.2) is 0 Å². The van der Waals surface area contributed by atoms with Gasteiger partial charge in [-0.05, 0) is 6.42 Å². The molecule has 0 aromatic rings. The second kappa shape index (κ2) is 15.6. The summed E-state index contributed by atoms with van der Waals surface area (Å²) in [5.74, 6) is 2.70. The highest BCUT2D eigenvalue weighted by atomic mass is 14.0. The van der Waals surface area contributed by atoms with E-state index in [9.17, 15) is 0 Å². The van der Waals surface area contributed by atoms with Crippen LogP contribution in [0, 0.1) is 19.3 Å². The largest absolute Gasteiger partial charge is 0.120 e. The fourth-order valence-electron chi connectivity index (χ4n) is 2.17. The van der Waals surface area contributed by atoms with Gasteiger partial charge in [-0.1, -0.05) is 84.0 Å². The Hall–Kier alpha value is -0.440. The van der Waals surface area contributed by atoms with Crippen molar-refractivity contribution in [2.75, 3.05) is 0 Å². The van der Waals surface area contributed by atoms with Crippen molar-refractivity contribution >= 4 is 0 Å². The quantitative estimate of drug-likeness (QED) is 0.275. The molecule has 0 atom stereocenters. The normalized spacial score (nSPS) is 10.4. The molecule has 0 nitrogen and oxygen atoms in total. The zero-order valence-corrected chi connectivity index (χ0v) is 11.7. The van der Waals surface area contributed by atoms with Gasteiger partial charge in [0, 0.05) is 6.42 Å². The van der Waals surface area contributed by atoms with E-state index in [1.54, 1.807) is 0 Å². The maximum atomic E-state index is 5.21. The van der Waals surface area contributed by atoms with E-state index in [1.165, 1.54) is 77.0 Å². The third-order valence-electron chi connectivity index (χ3n) is 3.32. The zero-order valence-electron chi connectivity index (χ0n) is 11.7. The van der Waals surface area contributed by atoms with E-state index in [1.807, 2.05) is 0 Å². The van der Waals surface area contributed by atoms with E-state index < -0.39 is 0 Å². The summed E-state index contributed by atoms with van der Waals surface area (Å²) in [5, 5.41) is 0. The first kappa shape index (κ1) is 16.6. The van der Waals surface area contributed by atoms with Gasteiger partial charge in [0.05, 0.1) is 0 Å². The molecule has 0 heterocycles. The van der Waals surface area contributed by atoms with Crippen LogP contribution >= 0.6 is 0 Å². The summed E-state index contributed by atoms with van der Waals surface area (Å²) >= 11 is 0. The van der Waals surface area contributed by atoms with Crippen molar-refractivity contribution < 1.29 is 0 Å². The zero-order chi connectivity index (χ0) is 12.6. The summed E-state index contributed by atoms with van der Waals surface area (Å²) in [6.45, 7) is 3.87. The van der Waals surface area contributed by atoms with E-state index in [-0.39, 0.29) is 0 Å². The summed E-state index contributed by atoms with van der Waals surface area (Å²) in [7, 11) is 0. The minimum absolute atomic E-state index is 0.966. The van der Waals surface area contributed by atoms with E-state index in [4.69, 9.17) is 6.42 Å². The van der Waals surface area contributed by atoms with Crippen LogP contribution in [0.2, 0.25) is 0 Å². The standard InChI is InChI=1S/C17H31/c1-3-5-7-9-11-13-15-17-16-14-12-10-8-6-4-2/h1H,2,4-17H2. The highest BCUT2D eigenvalue weighted by Crippen LogP contribution is 2.12. The van der Waals surface area contributed by atoms with E-state index in [0.717, 1.165) is 12.8 Å². The van der Waals surface area contributed by atoms with Gasteiger partial charge in [-0.15, -0.1) is 12.3 Å². The van der Waals surface area contributed by atoms with Crippen LogP contribution in [0.15, 0.2) is 0 Å². The molecule has 0 rings (SSSR count). The van der Waals surface area contributed by atoms with Crippen LogP contribution in [0.1, 0.15) is 89.9 Å². The Bertz CT molecular complexity index is 163. The molecule has 0 saturated carbocycles. The fraction of sp³-hybridized carbons (Fsp3) is 0.824. The summed E-state index contributed by atoms with van der Waals surface area (Å²) < 4.78 is 0. The minimum Gasteiger partial charge on any atom is -0.120 e. The van der Waals surface area contributed by atoms with Crippen molar-refractivity contribution in [1.29, 1.82) is 0 Å². The van der Waals surface area contributed by atoms with Crippen LogP contribution in [0.25, 0.3) is 0 Å². The Morgan fingerprint density at radius 1 is 0.588 bits per heavy atom. The van der Waals surface area contributed by atoms with Crippen molar-refractivity contribution in [2.24, 2.45) is 0 Å². The third kappa shape index (κ3) is 15.6. The Kier molecular flexibility index (Phi) is 15.2. The van der Waals surface area contributed by atoms with Gasteiger partial charge in [-0.2, -0.15) is 0 Å². The maximum Gasteiger partial charge on any atom is 0.00860 e. The SMILES string of the molecule is C#CCCCCCCCCCCCCCC[CH2]. The van der Waals surface area contributed by atoms with Crippen molar-refractivity contribution in [2.45, 2.75) is 89.9 Å². The van der Waals surface area contributed by atoms with Gasteiger partial charge < -0.3 is 0 Å². The molecule has 17 heavy (non-hydrogen) atoms. The molecule has 0 unspecified atom stereocenters. The average Bonchev–Trinajstić information content (AvgIpc) is 2.35. The lowest BCUT2D eigenvalue weighted by Gasteiger charge is -2.02. The predicted molar refractivity (Wildman–Crippen MR) is 78.8 cm³/mol. The molecule has 0 heteroatoms. The second-order valence-electron chi connectivity index (χ2n) is 5.05. The average molecular weight is 235 g/mol. The smallest absolute Gasteiger partial charge is 0.00860 e. The van der Waals surface area contributed by atoms with Crippen LogP contribution in [0.5, 0.6) is 0 Å². The molecule has 0 N–H and O–H groups in total. The number of hydrogen-bond acceptors (Lipinski definition) is 0. The van der Waals surface area contributed by atoms with Crippen molar-refractivity contribution in [3.8, 4) is 12.3 Å². The third-order valence-corrected chi connectivity index (χ3v) is 3.32. The van der Waals surface area contributed by atoms with Gasteiger partial charge in [0.2, 0.25) is 0 Å². The van der Waals surface area contributed by atoms with Crippen LogP contribution in [0.4, 0.5) is 0 Å². The van der Waals surface area contributed by atoms with Gasteiger partial charge in [0.25, 0.3) is 0 Å². The number of hydrogen-bond donors (Lipinski definition) is 0. The van der Waals surface area contributed by atoms with Gasteiger partial charge in [0.1, 0.15) is 0 Å². The molecule has 0 aliphatic heterocycles. The summed E-state index contributed by atoms with van der Waals surface area (Å²) in [6.07, 6.45) is 23.9. The van der Waals surface area contributed by atoms with Crippen LogP contribution in [-0.4, -0.2) is 0 Å². The highest BCUT2D eigenvalue weighted by molar-refractivity contribution is 4.82. The van der Waals surface area contributed by atoms with E-state index in [2.05, 4.69) is 12.8 Å². The van der Waals surface area contributed by atoms with Crippen LogP contribution < -0.4 is 0 Å². The summed E-state index contributed by atoms with van der Waals surface area (Å²) in [6, 6.07) is 0. The number of terminal acetylenes is 1. The lowest BCUT2D eigenvalue weighted by atomic mass is 10.0. The molecule has 0 saturated heterocycles. The first-order valence-corrected chi connectivity index (χ1v) is 7.64. The molecule has 99 valence electrons. The summed E-state index contributed by atoms with van der Waals surface area (Å²) in [4.78, 5) is 0. The highest BCUT2D eigenvalue weighted by Gasteiger charge is 1.93. The monoisotopic (exact) mass is 235 g/mol. The molecule has 0 amide bonds. The van der Waals surface area contributed by atoms with Crippen LogP contribution in [-0.2, 0) is 0 Å². The fourth-order valence-corrected chi connectivity index (χ4v) is 2.17. The van der Waals surface area contributed by atoms with E-state index in [0.29, 0.717) is 0 Å². The predicted octanol–water partition coefficient (Wildman–Crippen LogP) is 5.92. The topological polar surface area (TPSA) is 0 Å². The lowest BCUT2D eigenvalue weighted by molar-refractivity contribution is 0.542. The Balaban J connectivity index is 2.87. The Labute approximate surface area is 110 Å². The number of rotatable bonds is 13. The molecule has 1 radical (unpaired) electrons. The molecule has 0 aliphatic rings. The molecular formula is C17H31. The van der Waals surface area contributed by atoms with Gasteiger partial charge >= 0.3 is 0 Å².